The predicted octanol–water partition coefficient (Wildman–Crippen LogP) is 7.63. The number of nitrogen functional groups attached to an aromatic ring is 1. The third-order valence-corrected chi connectivity index (χ3v) is 6.94. The van der Waals surface area contributed by atoms with E-state index in [0.29, 0.717) is 35.5 Å². The number of ether oxygens (including phenoxy) is 1. The van der Waals surface area contributed by atoms with Crippen LogP contribution in [0.1, 0.15) is 38.4 Å². The summed E-state index contributed by atoms with van der Waals surface area (Å²) >= 11 is 5.53. The van der Waals surface area contributed by atoms with Crippen LogP contribution >= 0.6 is 38.5 Å². The summed E-state index contributed by atoms with van der Waals surface area (Å²) in [5.74, 6) is -0.238. The number of hydrogen-bond acceptors (Lipinski definition) is 5. The molecule has 0 fully saturated rings. The zero-order chi connectivity index (χ0) is 27.0. The summed E-state index contributed by atoms with van der Waals surface area (Å²) in [7, 11) is 0. The molecule has 0 bridgehead atoms. The normalized spacial score (nSPS) is 12.2. The van der Waals surface area contributed by atoms with E-state index >= 15 is 0 Å². The van der Waals surface area contributed by atoms with E-state index < -0.39 is 17.6 Å². The zero-order valence-corrected chi connectivity index (χ0v) is 24.2. The van der Waals surface area contributed by atoms with Crippen LogP contribution in [-0.2, 0) is 9.53 Å². The lowest BCUT2D eigenvalue weighted by Crippen LogP contribution is -2.29. The van der Waals surface area contributed by atoms with E-state index in [4.69, 9.17) is 10.5 Å². The number of phenolic OH excluding ortho intramolecular Hbond substituents is 1. The number of halogens is 2. The Morgan fingerprint density at radius 2 is 1.81 bits per heavy atom. The van der Waals surface area contributed by atoms with E-state index in [-0.39, 0.29) is 11.7 Å². The lowest BCUT2D eigenvalue weighted by Gasteiger charge is -2.34. The molecule has 0 heterocycles. The highest BCUT2D eigenvalue weighted by atomic mass is 127. The second-order valence-corrected chi connectivity index (χ2v) is 11.3. The van der Waals surface area contributed by atoms with E-state index in [0.717, 1.165) is 8.04 Å². The number of amides is 2. The number of para-hydroxylation sites is 2. The van der Waals surface area contributed by atoms with Gasteiger partial charge in [0.1, 0.15) is 11.9 Å². The van der Waals surface area contributed by atoms with Gasteiger partial charge in [0.05, 0.1) is 11.4 Å². The summed E-state index contributed by atoms with van der Waals surface area (Å²) in [4.78, 5) is 25.1. The highest BCUT2D eigenvalue weighted by Crippen LogP contribution is 2.44. The summed E-state index contributed by atoms with van der Waals surface area (Å²) in [6, 6.07) is 19.4. The Morgan fingerprint density at radius 1 is 1.11 bits per heavy atom. The first-order valence-corrected chi connectivity index (χ1v) is 13.5. The van der Waals surface area contributed by atoms with E-state index in [1.807, 2.05) is 32.0 Å². The van der Waals surface area contributed by atoms with Gasteiger partial charge in [-0.2, -0.15) is 0 Å². The second-order valence-electron chi connectivity index (χ2n) is 9.13. The number of nitrogens with two attached hydrogens (primary N) is 1. The Labute approximate surface area is 238 Å². The number of rotatable bonds is 9. The van der Waals surface area contributed by atoms with Crippen LogP contribution in [0.15, 0.2) is 83.4 Å². The minimum Gasteiger partial charge on any atom is -0.508 e. The fraction of sp³-hybridized carbons (Fsp3) is 0.214. The number of allylic oxidation sites excluding steroid dienone is 1. The average molecular weight is 678 g/mol. The zero-order valence-electron chi connectivity index (χ0n) is 20.5. The fourth-order valence-corrected chi connectivity index (χ4v) is 4.51. The van der Waals surface area contributed by atoms with Crippen molar-refractivity contribution in [3.63, 3.8) is 0 Å². The van der Waals surface area contributed by atoms with Crippen LogP contribution < -0.4 is 16.4 Å². The summed E-state index contributed by atoms with van der Waals surface area (Å²) in [6.45, 7) is 3.92. The number of hydrogen-bond donors (Lipinski definition) is 4. The topological polar surface area (TPSA) is 114 Å². The number of anilines is 3. The number of carbonyl (C=O) groups excluding carboxylic acids is 2. The van der Waals surface area contributed by atoms with Crippen LogP contribution in [0, 0.1) is 8.99 Å². The summed E-state index contributed by atoms with van der Waals surface area (Å²) in [5.41, 5.74) is 7.45. The molecule has 194 valence electrons. The maximum Gasteiger partial charge on any atom is 0.412 e. The molecule has 0 saturated heterocycles. The molecular formula is C28H29BrIN3O4. The van der Waals surface area contributed by atoms with Gasteiger partial charge < -0.3 is 20.9 Å². The van der Waals surface area contributed by atoms with Gasteiger partial charge in [0, 0.05) is 24.7 Å². The van der Waals surface area contributed by atoms with Gasteiger partial charge in [-0.1, -0.05) is 48.0 Å². The van der Waals surface area contributed by atoms with Crippen molar-refractivity contribution in [2.45, 2.75) is 32.8 Å². The number of phenols is 1. The lowest BCUT2D eigenvalue weighted by atomic mass is 9.78. The van der Waals surface area contributed by atoms with Crippen molar-refractivity contribution in [3.05, 3.63) is 92.5 Å². The van der Waals surface area contributed by atoms with Crippen molar-refractivity contribution in [2.24, 2.45) is 5.41 Å². The monoisotopic (exact) mass is 677 g/mol. The maximum absolute atomic E-state index is 12.8. The van der Waals surface area contributed by atoms with Crippen molar-refractivity contribution in [3.8, 4) is 5.75 Å². The van der Waals surface area contributed by atoms with Crippen molar-refractivity contribution >= 4 is 67.6 Å². The molecule has 5 N–H and O–H groups in total. The van der Waals surface area contributed by atoms with Crippen molar-refractivity contribution < 1.29 is 19.4 Å². The van der Waals surface area contributed by atoms with Gasteiger partial charge in [0.2, 0.25) is 5.91 Å². The molecule has 3 aromatic rings. The highest BCUT2D eigenvalue weighted by Gasteiger charge is 2.35. The van der Waals surface area contributed by atoms with Gasteiger partial charge in [-0.25, -0.2) is 4.79 Å². The van der Waals surface area contributed by atoms with Crippen molar-refractivity contribution in [1.29, 1.82) is 0 Å². The molecule has 0 aliphatic heterocycles. The second kappa shape index (κ2) is 13.0. The molecule has 1 atom stereocenters. The standard InChI is InChI=1S/C28H29BrIN3O4/c1-28(2,16-6-5-9-25(35)33-23-8-4-3-7-22(23)31)26(21-17-19(30)12-15-24(21)34)37-27(36)32-20-13-10-18(29)11-14-20/h3-5,7-15,17,26,34H,6,16,31H2,1-2H3,(H,32,36)(H,33,35)/b9-5+/t26-/m1/s1. The predicted molar refractivity (Wildman–Crippen MR) is 159 cm³/mol. The fourth-order valence-electron chi connectivity index (χ4n) is 3.73. The Kier molecular flexibility index (Phi) is 9.99. The Balaban J connectivity index is 1.71. The van der Waals surface area contributed by atoms with Gasteiger partial charge in [0.15, 0.2) is 0 Å². The van der Waals surface area contributed by atoms with Gasteiger partial charge in [-0.3, -0.25) is 10.1 Å². The number of carbonyl (C=O) groups is 2. The summed E-state index contributed by atoms with van der Waals surface area (Å²) in [6.07, 6.45) is 2.97. The highest BCUT2D eigenvalue weighted by molar-refractivity contribution is 14.1. The van der Waals surface area contributed by atoms with Gasteiger partial charge in [-0.15, -0.1) is 0 Å². The molecule has 2 amide bonds. The lowest BCUT2D eigenvalue weighted by molar-refractivity contribution is -0.111. The summed E-state index contributed by atoms with van der Waals surface area (Å²) in [5, 5.41) is 16.1. The first-order chi connectivity index (χ1) is 17.5. The number of benzene rings is 3. The molecule has 0 aliphatic carbocycles. The minimum atomic E-state index is -0.746. The van der Waals surface area contributed by atoms with Gasteiger partial charge >= 0.3 is 6.09 Å². The van der Waals surface area contributed by atoms with E-state index in [1.165, 1.54) is 6.08 Å². The number of nitrogens with one attached hydrogen (secondary N) is 2. The quantitative estimate of drug-likeness (QED) is 0.106. The Morgan fingerprint density at radius 3 is 2.51 bits per heavy atom. The van der Waals surface area contributed by atoms with Crippen LogP contribution in [0.3, 0.4) is 0 Å². The Bertz CT molecular complexity index is 1280. The SMILES string of the molecule is CC(C)(CC/C=C/C(=O)Nc1ccccc1N)[C@H](OC(=O)Nc1ccc(Br)cc1)c1cc(I)ccc1O. The molecule has 37 heavy (non-hydrogen) atoms. The van der Waals surface area contributed by atoms with Crippen LogP contribution in [0.4, 0.5) is 21.9 Å². The molecule has 7 nitrogen and oxygen atoms in total. The largest absolute Gasteiger partial charge is 0.508 e. The molecule has 0 spiro atoms. The molecule has 0 saturated carbocycles. The molecule has 0 aliphatic rings. The average Bonchev–Trinajstić information content (AvgIpc) is 2.85. The molecule has 3 rings (SSSR count). The third kappa shape index (κ3) is 8.50. The summed E-state index contributed by atoms with van der Waals surface area (Å²) < 4.78 is 7.69. The Hall–Kier alpha value is -3.05. The molecular weight excluding hydrogens is 649 g/mol. The first-order valence-electron chi connectivity index (χ1n) is 11.6. The number of aromatic hydroxyl groups is 1. The van der Waals surface area contributed by atoms with Crippen LogP contribution in [0.5, 0.6) is 5.75 Å². The van der Waals surface area contributed by atoms with Crippen molar-refractivity contribution in [1.82, 2.24) is 0 Å². The van der Waals surface area contributed by atoms with Crippen molar-refractivity contribution in [2.75, 3.05) is 16.4 Å². The van der Waals surface area contributed by atoms with Gasteiger partial charge in [0.25, 0.3) is 0 Å². The molecule has 0 aromatic heterocycles. The van der Waals surface area contributed by atoms with E-state index in [9.17, 15) is 14.7 Å². The van der Waals surface area contributed by atoms with Crippen LogP contribution in [0.25, 0.3) is 0 Å². The first kappa shape index (κ1) is 28.5. The van der Waals surface area contributed by atoms with Crippen LogP contribution in [0.2, 0.25) is 0 Å². The van der Waals surface area contributed by atoms with E-state index in [1.54, 1.807) is 54.6 Å². The van der Waals surface area contributed by atoms with Gasteiger partial charge in [-0.05, 0) is 96.1 Å². The smallest absolute Gasteiger partial charge is 0.412 e. The third-order valence-electron chi connectivity index (χ3n) is 5.74. The molecule has 9 heteroatoms. The maximum atomic E-state index is 12.8. The molecule has 0 unspecified atom stereocenters. The van der Waals surface area contributed by atoms with E-state index in [2.05, 4.69) is 49.2 Å². The molecule has 0 radical (unpaired) electrons. The minimum absolute atomic E-state index is 0.0466. The van der Waals surface area contributed by atoms with Crippen LogP contribution in [-0.4, -0.2) is 17.1 Å². The molecule has 3 aromatic carbocycles.